The molecule has 0 aliphatic heterocycles. The molecule has 1 atom stereocenters. The van der Waals surface area contributed by atoms with Crippen LogP contribution < -0.4 is 0 Å². The number of halogens is 1. The van der Waals surface area contributed by atoms with E-state index >= 15 is 0 Å². The van der Waals surface area contributed by atoms with Crippen molar-refractivity contribution in [2.24, 2.45) is 5.92 Å². The van der Waals surface area contributed by atoms with Crippen LogP contribution in [0, 0.1) is 5.92 Å². The number of fused-ring (bicyclic) bond motifs is 1. The van der Waals surface area contributed by atoms with Gasteiger partial charge in [0.15, 0.2) is 0 Å². The van der Waals surface area contributed by atoms with E-state index in [-0.39, 0.29) is 5.92 Å². The number of thioether (sulfide) groups is 1. The first-order chi connectivity index (χ1) is 8.97. The lowest BCUT2D eigenvalue weighted by Crippen LogP contribution is -2.22. The van der Waals surface area contributed by atoms with Crippen LogP contribution in [0.15, 0.2) is 24.5 Å². The number of hydrogen-bond acceptors (Lipinski definition) is 3. The minimum Gasteiger partial charge on any atom is -0.480 e. The molecule has 0 saturated heterocycles. The van der Waals surface area contributed by atoms with Gasteiger partial charge in [-0.25, -0.2) is 4.98 Å². The van der Waals surface area contributed by atoms with E-state index in [2.05, 4.69) is 4.98 Å². The summed E-state index contributed by atoms with van der Waals surface area (Å²) in [4.78, 5) is 15.6. The summed E-state index contributed by atoms with van der Waals surface area (Å²) in [5, 5.41) is 9.37. The Hall–Kier alpha value is -1.20. The Balaban J connectivity index is 2.11. The maximum atomic E-state index is 11.1. The van der Waals surface area contributed by atoms with Crippen molar-refractivity contribution in [2.45, 2.75) is 24.9 Å². The summed E-state index contributed by atoms with van der Waals surface area (Å²) < 4.78 is 1.85. The minimum absolute atomic E-state index is 0.0916. The second-order valence-corrected chi connectivity index (χ2v) is 6.23. The van der Waals surface area contributed by atoms with Gasteiger partial charge in [0.25, 0.3) is 0 Å². The number of nitrogens with zero attached hydrogens (tertiary/aromatic N) is 2. The molecule has 0 bridgehead atoms. The van der Waals surface area contributed by atoms with Crippen LogP contribution in [0.4, 0.5) is 0 Å². The van der Waals surface area contributed by atoms with Crippen LogP contribution in [0.25, 0.3) is 5.65 Å². The zero-order valence-electron chi connectivity index (χ0n) is 10.7. The number of carboxylic acid groups (broad SMARTS) is 1. The number of carbonyl (C=O) groups is 1. The molecule has 0 saturated carbocycles. The topological polar surface area (TPSA) is 54.6 Å². The lowest BCUT2D eigenvalue weighted by atomic mass is 10.1. The third kappa shape index (κ3) is 3.42. The highest BCUT2D eigenvalue weighted by Gasteiger charge is 2.22. The third-order valence-electron chi connectivity index (χ3n) is 2.72. The average Bonchev–Trinajstić information content (AvgIpc) is 2.70. The molecular weight excluding hydrogens is 284 g/mol. The Morgan fingerprint density at radius 3 is 2.84 bits per heavy atom. The first-order valence-electron chi connectivity index (χ1n) is 5.95. The van der Waals surface area contributed by atoms with Crippen molar-refractivity contribution in [3.63, 3.8) is 0 Å². The number of pyridine rings is 1. The summed E-state index contributed by atoms with van der Waals surface area (Å²) in [5.41, 5.74) is 1.68. The lowest BCUT2D eigenvalue weighted by Gasteiger charge is -2.14. The van der Waals surface area contributed by atoms with Gasteiger partial charge in [-0.3, -0.25) is 4.79 Å². The monoisotopic (exact) mass is 298 g/mol. The first-order valence-corrected chi connectivity index (χ1v) is 7.37. The van der Waals surface area contributed by atoms with Gasteiger partial charge >= 0.3 is 5.97 Å². The SMILES string of the molecule is CC(C)C(SCc1cn2cc(Cl)ccc2n1)C(=O)O. The molecule has 2 heterocycles. The number of rotatable bonds is 5. The number of aromatic nitrogens is 2. The predicted molar refractivity (Wildman–Crippen MR) is 77.8 cm³/mol. The van der Waals surface area contributed by atoms with E-state index in [1.807, 2.05) is 30.5 Å². The quantitative estimate of drug-likeness (QED) is 0.920. The maximum absolute atomic E-state index is 11.1. The van der Waals surface area contributed by atoms with Gasteiger partial charge in [-0.1, -0.05) is 25.4 Å². The molecule has 0 radical (unpaired) electrons. The standard InChI is InChI=1S/C13H15ClN2O2S/c1-8(2)12(13(17)18)19-7-10-6-16-5-9(14)3-4-11(16)15-10/h3-6,8,12H,7H2,1-2H3,(H,17,18). The summed E-state index contributed by atoms with van der Waals surface area (Å²) in [6.07, 6.45) is 3.67. The van der Waals surface area contributed by atoms with Gasteiger partial charge in [-0.2, -0.15) is 0 Å². The molecule has 102 valence electrons. The van der Waals surface area contributed by atoms with Gasteiger partial charge in [0.05, 0.1) is 10.7 Å². The Bertz CT molecular complexity index is 597. The van der Waals surface area contributed by atoms with Gasteiger partial charge in [0.1, 0.15) is 10.9 Å². The van der Waals surface area contributed by atoms with Gasteiger partial charge < -0.3 is 9.51 Å². The largest absolute Gasteiger partial charge is 0.480 e. The first kappa shape index (κ1) is 14.2. The summed E-state index contributed by atoms with van der Waals surface area (Å²) in [6.45, 7) is 3.82. The van der Waals surface area contributed by atoms with Crippen LogP contribution in [0.1, 0.15) is 19.5 Å². The highest BCUT2D eigenvalue weighted by Crippen LogP contribution is 2.24. The fourth-order valence-electron chi connectivity index (χ4n) is 1.81. The number of aliphatic carboxylic acids is 1. The highest BCUT2D eigenvalue weighted by atomic mass is 35.5. The van der Waals surface area contributed by atoms with Crippen LogP contribution in [0.5, 0.6) is 0 Å². The van der Waals surface area contributed by atoms with Gasteiger partial charge in [-0.05, 0) is 18.1 Å². The molecule has 2 aromatic heterocycles. The van der Waals surface area contributed by atoms with Crippen molar-refractivity contribution in [1.29, 1.82) is 0 Å². The molecule has 4 nitrogen and oxygen atoms in total. The molecule has 19 heavy (non-hydrogen) atoms. The molecule has 0 amide bonds. The smallest absolute Gasteiger partial charge is 0.316 e. The summed E-state index contributed by atoms with van der Waals surface area (Å²) >= 11 is 7.31. The van der Waals surface area contributed by atoms with Gasteiger partial charge in [0, 0.05) is 18.1 Å². The predicted octanol–water partition coefficient (Wildman–Crippen LogP) is 3.33. The molecule has 2 aromatic rings. The Morgan fingerprint density at radius 1 is 1.47 bits per heavy atom. The molecule has 0 aromatic carbocycles. The zero-order chi connectivity index (χ0) is 14.0. The molecule has 2 rings (SSSR count). The van der Waals surface area contributed by atoms with E-state index in [4.69, 9.17) is 16.7 Å². The summed E-state index contributed by atoms with van der Waals surface area (Å²) in [6, 6.07) is 3.63. The molecule has 1 unspecified atom stereocenters. The molecule has 6 heteroatoms. The van der Waals surface area contributed by atoms with Crippen LogP contribution in [0.2, 0.25) is 5.02 Å². The van der Waals surface area contributed by atoms with Gasteiger partial charge in [0.2, 0.25) is 0 Å². The van der Waals surface area contributed by atoms with Crippen molar-refractivity contribution < 1.29 is 9.90 Å². The van der Waals surface area contributed by atoms with E-state index in [0.29, 0.717) is 10.8 Å². The fraction of sp³-hybridized carbons (Fsp3) is 0.385. The zero-order valence-corrected chi connectivity index (χ0v) is 12.3. The van der Waals surface area contributed by atoms with Crippen LogP contribution >= 0.6 is 23.4 Å². The van der Waals surface area contributed by atoms with Crippen molar-refractivity contribution in [1.82, 2.24) is 9.38 Å². The molecule has 0 aliphatic rings. The van der Waals surface area contributed by atoms with Crippen molar-refractivity contribution in [3.05, 3.63) is 35.2 Å². The summed E-state index contributed by atoms with van der Waals surface area (Å²) in [7, 11) is 0. The van der Waals surface area contributed by atoms with Crippen molar-refractivity contribution >= 4 is 35.0 Å². The molecule has 0 aliphatic carbocycles. The number of imidazole rings is 1. The Kier molecular flexibility index (Phi) is 4.37. The average molecular weight is 299 g/mol. The minimum atomic E-state index is -0.771. The van der Waals surface area contributed by atoms with E-state index in [1.54, 1.807) is 12.3 Å². The van der Waals surface area contributed by atoms with Crippen LogP contribution in [-0.4, -0.2) is 25.7 Å². The summed E-state index contributed by atoms with van der Waals surface area (Å²) in [5.74, 6) is -0.102. The van der Waals surface area contributed by atoms with Crippen molar-refractivity contribution in [3.8, 4) is 0 Å². The second kappa shape index (κ2) is 5.84. The van der Waals surface area contributed by atoms with Gasteiger partial charge in [-0.15, -0.1) is 11.8 Å². The van der Waals surface area contributed by atoms with E-state index in [0.717, 1.165) is 11.3 Å². The number of carboxylic acids is 1. The third-order valence-corrected chi connectivity index (χ3v) is 4.52. The highest BCUT2D eigenvalue weighted by molar-refractivity contribution is 7.99. The number of hydrogen-bond donors (Lipinski definition) is 1. The van der Waals surface area contributed by atoms with E-state index in [9.17, 15) is 4.79 Å². The van der Waals surface area contributed by atoms with Crippen LogP contribution in [0.3, 0.4) is 0 Å². The maximum Gasteiger partial charge on any atom is 0.316 e. The Labute approximate surface area is 120 Å². The van der Waals surface area contributed by atoms with Crippen molar-refractivity contribution in [2.75, 3.05) is 0 Å². The molecular formula is C13H15ClN2O2S. The van der Waals surface area contributed by atoms with E-state index < -0.39 is 11.2 Å². The molecule has 1 N–H and O–H groups in total. The van der Waals surface area contributed by atoms with Crippen LogP contribution in [-0.2, 0) is 10.5 Å². The second-order valence-electron chi connectivity index (χ2n) is 4.66. The fourth-order valence-corrected chi connectivity index (χ4v) is 3.00. The molecule has 0 spiro atoms. The lowest BCUT2D eigenvalue weighted by molar-refractivity contribution is -0.137. The molecule has 0 fully saturated rings. The normalized spacial score (nSPS) is 13.1. The Morgan fingerprint density at radius 2 is 2.21 bits per heavy atom. The van der Waals surface area contributed by atoms with E-state index in [1.165, 1.54) is 11.8 Å².